The van der Waals surface area contributed by atoms with Gasteiger partial charge in [0.25, 0.3) is 5.88 Å². The van der Waals surface area contributed by atoms with Gasteiger partial charge < -0.3 is 4.74 Å². The summed E-state index contributed by atoms with van der Waals surface area (Å²) >= 11 is 9.19. The molecule has 0 saturated heterocycles. The maximum Gasteiger partial charge on any atom is 0.259 e. The standard InChI is InChI=1S/C13H9BrClN3O/c14-11-7-18-6-5-16-12(18)13(17-11)19-8-9-1-3-10(15)4-2-9/h1-7H,8H2. The highest BCUT2D eigenvalue weighted by Gasteiger charge is 2.07. The second-order valence-electron chi connectivity index (χ2n) is 3.94. The average Bonchev–Trinajstić information content (AvgIpc) is 2.85. The Hall–Kier alpha value is -1.59. The van der Waals surface area contributed by atoms with Crippen LogP contribution in [0.5, 0.6) is 5.88 Å². The predicted molar refractivity (Wildman–Crippen MR) is 76.5 cm³/mol. The number of halogens is 2. The van der Waals surface area contributed by atoms with Crippen molar-refractivity contribution in [1.29, 1.82) is 0 Å². The Morgan fingerprint density at radius 1 is 1.26 bits per heavy atom. The minimum absolute atomic E-state index is 0.420. The Morgan fingerprint density at radius 2 is 2.05 bits per heavy atom. The third-order valence-electron chi connectivity index (χ3n) is 2.60. The summed E-state index contributed by atoms with van der Waals surface area (Å²) in [5.74, 6) is 0.495. The highest BCUT2D eigenvalue weighted by Crippen LogP contribution is 2.20. The summed E-state index contributed by atoms with van der Waals surface area (Å²) in [5, 5.41) is 0.708. The largest absolute Gasteiger partial charge is 0.470 e. The van der Waals surface area contributed by atoms with Crippen LogP contribution in [0.1, 0.15) is 5.56 Å². The second-order valence-corrected chi connectivity index (χ2v) is 5.19. The first-order chi connectivity index (χ1) is 9.22. The lowest BCUT2D eigenvalue weighted by Gasteiger charge is -2.07. The molecule has 2 heterocycles. The molecule has 6 heteroatoms. The molecule has 0 saturated carbocycles. The van der Waals surface area contributed by atoms with Gasteiger partial charge >= 0.3 is 0 Å². The first kappa shape index (κ1) is 12.4. The van der Waals surface area contributed by atoms with Crippen LogP contribution in [0.4, 0.5) is 0 Å². The van der Waals surface area contributed by atoms with Crippen molar-refractivity contribution in [3.63, 3.8) is 0 Å². The summed E-state index contributed by atoms with van der Waals surface area (Å²) in [6.07, 6.45) is 5.38. The smallest absolute Gasteiger partial charge is 0.259 e. The van der Waals surface area contributed by atoms with Crippen molar-refractivity contribution < 1.29 is 4.74 Å². The van der Waals surface area contributed by atoms with E-state index >= 15 is 0 Å². The van der Waals surface area contributed by atoms with E-state index in [1.165, 1.54) is 0 Å². The number of rotatable bonds is 3. The van der Waals surface area contributed by atoms with Gasteiger partial charge in [0.1, 0.15) is 11.2 Å². The summed E-state index contributed by atoms with van der Waals surface area (Å²) in [6.45, 7) is 0.420. The zero-order valence-electron chi connectivity index (χ0n) is 9.75. The Bertz CT molecular complexity index is 711. The zero-order chi connectivity index (χ0) is 13.2. The van der Waals surface area contributed by atoms with Gasteiger partial charge in [-0.05, 0) is 33.6 Å². The van der Waals surface area contributed by atoms with Crippen molar-refractivity contribution in [2.75, 3.05) is 0 Å². The third-order valence-corrected chi connectivity index (χ3v) is 3.24. The number of hydrogen-bond acceptors (Lipinski definition) is 3. The summed E-state index contributed by atoms with van der Waals surface area (Å²) in [5.41, 5.74) is 1.72. The molecule has 19 heavy (non-hydrogen) atoms. The average molecular weight is 339 g/mol. The highest BCUT2D eigenvalue weighted by atomic mass is 79.9. The van der Waals surface area contributed by atoms with Crippen molar-refractivity contribution in [3.8, 4) is 5.88 Å². The lowest BCUT2D eigenvalue weighted by Crippen LogP contribution is -2.00. The lowest BCUT2D eigenvalue weighted by atomic mass is 10.2. The summed E-state index contributed by atoms with van der Waals surface area (Å²) < 4.78 is 8.27. The number of benzene rings is 1. The number of nitrogens with zero attached hydrogens (tertiary/aromatic N) is 3. The number of imidazole rings is 1. The molecule has 0 atom stereocenters. The van der Waals surface area contributed by atoms with E-state index in [4.69, 9.17) is 16.3 Å². The van der Waals surface area contributed by atoms with Gasteiger partial charge in [0.2, 0.25) is 5.65 Å². The van der Waals surface area contributed by atoms with Crippen molar-refractivity contribution in [1.82, 2.24) is 14.4 Å². The molecule has 0 N–H and O–H groups in total. The van der Waals surface area contributed by atoms with Crippen LogP contribution in [-0.4, -0.2) is 14.4 Å². The first-order valence-corrected chi connectivity index (χ1v) is 6.76. The van der Waals surface area contributed by atoms with Crippen LogP contribution < -0.4 is 4.74 Å². The molecule has 2 aromatic heterocycles. The van der Waals surface area contributed by atoms with Crippen LogP contribution in [0.15, 0.2) is 47.5 Å². The Morgan fingerprint density at radius 3 is 2.84 bits per heavy atom. The normalized spacial score (nSPS) is 10.8. The zero-order valence-corrected chi connectivity index (χ0v) is 12.1. The molecule has 0 bridgehead atoms. The first-order valence-electron chi connectivity index (χ1n) is 5.59. The molecule has 0 aliphatic carbocycles. The van der Waals surface area contributed by atoms with E-state index in [-0.39, 0.29) is 0 Å². The van der Waals surface area contributed by atoms with Gasteiger partial charge in [-0.2, -0.15) is 0 Å². The molecule has 3 aromatic rings. The van der Waals surface area contributed by atoms with Crippen LogP contribution in [0.2, 0.25) is 5.02 Å². The quantitative estimate of drug-likeness (QED) is 0.730. The Balaban J connectivity index is 1.85. The molecule has 0 fully saturated rings. The summed E-state index contributed by atoms with van der Waals surface area (Å²) in [6, 6.07) is 7.51. The molecule has 0 aliphatic heterocycles. The van der Waals surface area contributed by atoms with Crippen molar-refractivity contribution in [2.45, 2.75) is 6.61 Å². The molecule has 3 rings (SSSR count). The molecule has 96 valence electrons. The molecule has 0 radical (unpaired) electrons. The molecular weight excluding hydrogens is 330 g/mol. The number of aromatic nitrogens is 3. The van der Waals surface area contributed by atoms with Gasteiger partial charge in [0, 0.05) is 23.6 Å². The SMILES string of the molecule is Clc1ccc(COc2nc(Br)cn3ccnc23)cc1. The van der Waals surface area contributed by atoms with Crippen LogP contribution in [0.3, 0.4) is 0 Å². The van der Waals surface area contributed by atoms with Crippen molar-refractivity contribution in [3.05, 3.63) is 58.0 Å². The van der Waals surface area contributed by atoms with E-state index in [2.05, 4.69) is 25.9 Å². The molecule has 0 unspecified atom stereocenters. The van der Waals surface area contributed by atoms with E-state index in [9.17, 15) is 0 Å². The minimum Gasteiger partial charge on any atom is -0.470 e. The van der Waals surface area contributed by atoms with Crippen molar-refractivity contribution >= 4 is 33.2 Å². The highest BCUT2D eigenvalue weighted by molar-refractivity contribution is 9.10. The fraction of sp³-hybridized carbons (Fsp3) is 0.0769. The van der Waals surface area contributed by atoms with Crippen LogP contribution in [0, 0.1) is 0 Å². The fourth-order valence-electron chi connectivity index (χ4n) is 1.70. The maximum absolute atomic E-state index is 5.84. The Kier molecular flexibility index (Phi) is 3.40. The van der Waals surface area contributed by atoms with E-state index in [1.807, 2.05) is 41.1 Å². The number of fused-ring (bicyclic) bond motifs is 1. The molecule has 0 aliphatic rings. The monoisotopic (exact) mass is 337 g/mol. The third kappa shape index (κ3) is 2.72. The van der Waals surface area contributed by atoms with E-state index in [0.29, 0.717) is 27.8 Å². The topological polar surface area (TPSA) is 39.4 Å². The molecule has 0 amide bonds. The minimum atomic E-state index is 0.420. The Labute approximate surface area is 123 Å². The number of ether oxygens (including phenoxy) is 1. The molecular formula is C13H9BrClN3O. The maximum atomic E-state index is 5.84. The van der Waals surface area contributed by atoms with Gasteiger partial charge in [-0.1, -0.05) is 23.7 Å². The second kappa shape index (κ2) is 5.19. The van der Waals surface area contributed by atoms with Crippen LogP contribution in [0.25, 0.3) is 5.65 Å². The van der Waals surface area contributed by atoms with Gasteiger partial charge in [-0.25, -0.2) is 9.97 Å². The van der Waals surface area contributed by atoms with E-state index in [0.717, 1.165) is 5.56 Å². The van der Waals surface area contributed by atoms with Gasteiger partial charge in [0.05, 0.1) is 0 Å². The van der Waals surface area contributed by atoms with Crippen LogP contribution >= 0.6 is 27.5 Å². The summed E-state index contributed by atoms with van der Waals surface area (Å²) in [7, 11) is 0. The van der Waals surface area contributed by atoms with E-state index < -0.39 is 0 Å². The number of hydrogen-bond donors (Lipinski definition) is 0. The predicted octanol–water partition coefficient (Wildman–Crippen LogP) is 3.72. The molecule has 1 aromatic carbocycles. The van der Waals surface area contributed by atoms with Crippen molar-refractivity contribution in [2.24, 2.45) is 0 Å². The molecule has 4 nitrogen and oxygen atoms in total. The molecule has 0 spiro atoms. The lowest BCUT2D eigenvalue weighted by molar-refractivity contribution is 0.295. The fourth-order valence-corrected chi connectivity index (χ4v) is 2.21. The van der Waals surface area contributed by atoms with Crippen LogP contribution in [-0.2, 0) is 6.61 Å². The van der Waals surface area contributed by atoms with E-state index in [1.54, 1.807) is 6.20 Å². The summed E-state index contributed by atoms with van der Waals surface area (Å²) in [4.78, 5) is 8.51. The van der Waals surface area contributed by atoms with Gasteiger partial charge in [0.15, 0.2) is 0 Å². The van der Waals surface area contributed by atoms with Gasteiger partial charge in [-0.3, -0.25) is 4.40 Å². The van der Waals surface area contributed by atoms with Gasteiger partial charge in [-0.15, -0.1) is 0 Å².